The topological polar surface area (TPSA) is 84.9 Å². The molecule has 144 valence electrons. The quantitative estimate of drug-likeness (QED) is 0.583. The molecule has 0 bridgehead atoms. The van der Waals surface area contributed by atoms with Crippen LogP contribution in [0.3, 0.4) is 0 Å². The van der Waals surface area contributed by atoms with Gasteiger partial charge in [0.25, 0.3) is 11.8 Å². The summed E-state index contributed by atoms with van der Waals surface area (Å²) in [6.45, 7) is 3.64. The van der Waals surface area contributed by atoms with E-state index in [-0.39, 0.29) is 29.5 Å². The summed E-state index contributed by atoms with van der Waals surface area (Å²) < 4.78 is 10.3. The largest absolute Gasteiger partial charge is 0.461 e. The molecule has 0 aliphatic carbocycles. The second-order valence-electron chi connectivity index (χ2n) is 6.47. The van der Waals surface area contributed by atoms with Crippen molar-refractivity contribution in [2.45, 2.75) is 31.9 Å². The maximum Gasteiger partial charge on any atom is 0.302 e. The van der Waals surface area contributed by atoms with E-state index in [9.17, 15) is 14.4 Å². The Morgan fingerprint density at radius 2 is 2.00 bits per heavy atom. The molecule has 1 fully saturated rings. The van der Waals surface area contributed by atoms with Crippen LogP contribution in [0.2, 0.25) is 0 Å². The van der Waals surface area contributed by atoms with Crippen LogP contribution >= 0.6 is 11.8 Å². The first kappa shape index (κ1) is 19.4. The average Bonchev–Trinajstić information content (AvgIpc) is 2.65. The van der Waals surface area contributed by atoms with Crippen molar-refractivity contribution >= 4 is 29.5 Å². The maximum absolute atomic E-state index is 12.9. The molecule has 0 aromatic heterocycles. The number of hydrogen-bond acceptors (Lipinski definition) is 6. The van der Waals surface area contributed by atoms with Crippen LogP contribution in [0.4, 0.5) is 0 Å². The minimum Gasteiger partial charge on any atom is -0.461 e. The van der Waals surface area contributed by atoms with Crippen molar-refractivity contribution in [2.75, 3.05) is 19.5 Å². The predicted octanol–water partition coefficient (Wildman–Crippen LogP) is 1.36. The lowest BCUT2D eigenvalue weighted by Crippen LogP contribution is -2.66. The van der Waals surface area contributed by atoms with Crippen molar-refractivity contribution in [3.05, 3.63) is 46.7 Å². The van der Waals surface area contributed by atoms with Gasteiger partial charge in [-0.2, -0.15) is 0 Å². The molecular formula is C19H22N2O5S. The van der Waals surface area contributed by atoms with Crippen LogP contribution in [-0.4, -0.2) is 53.6 Å². The van der Waals surface area contributed by atoms with Crippen molar-refractivity contribution in [1.82, 2.24) is 10.2 Å². The van der Waals surface area contributed by atoms with E-state index in [1.54, 1.807) is 0 Å². The van der Waals surface area contributed by atoms with E-state index in [0.29, 0.717) is 17.9 Å². The van der Waals surface area contributed by atoms with Gasteiger partial charge in [-0.25, -0.2) is 0 Å². The zero-order chi connectivity index (χ0) is 19.6. The Kier molecular flexibility index (Phi) is 5.86. The van der Waals surface area contributed by atoms with Gasteiger partial charge in [0.15, 0.2) is 6.10 Å². The number of rotatable bonds is 6. The van der Waals surface area contributed by atoms with Crippen LogP contribution in [-0.2, 0) is 30.4 Å². The summed E-state index contributed by atoms with van der Waals surface area (Å²) in [5.41, 5.74) is 2.99. The molecule has 2 heterocycles. The zero-order valence-electron chi connectivity index (χ0n) is 15.5. The number of benzene rings is 1. The van der Waals surface area contributed by atoms with Gasteiger partial charge in [0.2, 0.25) is 0 Å². The number of methoxy groups -OCH3 is 1. The molecule has 1 aromatic carbocycles. The van der Waals surface area contributed by atoms with E-state index in [2.05, 4.69) is 5.32 Å². The van der Waals surface area contributed by atoms with Crippen molar-refractivity contribution in [1.29, 1.82) is 0 Å². The number of amides is 2. The number of hydrogen-bond donors (Lipinski definition) is 1. The molecule has 2 atom stereocenters. The van der Waals surface area contributed by atoms with Gasteiger partial charge in [-0.1, -0.05) is 29.8 Å². The van der Waals surface area contributed by atoms with Gasteiger partial charge in [0.05, 0.1) is 0 Å². The van der Waals surface area contributed by atoms with Crippen LogP contribution in [0.25, 0.3) is 0 Å². The van der Waals surface area contributed by atoms with Crippen molar-refractivity contribution in [3.63, 3.8) is 0 Å². The molecule has 0 saturated carbocycles. The Morgan fingerprint density at radius 3 is 2.63 bits per heavy atom. The van der Waals surface area contributed by atoms with Crippen LogP contribution < -0.4 is 5.32 Å². The van der Waals surface area contributed by atoms with Gasteiger partial charge in [-0.3, -0.25) is 19.3 Å². The first-order valence-electron chi connectivity index (χ1n) is 8.59. The molecule has 1 N–H and O–H groups in total. The Bertz CT molecular complexity index is 790. The third-order valence-corrected chi connectivity index (χ3v) is 5.81. The van der Waals surface area contributed by atoms with Gasteiger partial charge in [0.1, 0.15) is 17.7 Å². The van der Waals surface area contributed by atoms with Crippen molar-refractivity contribution in [2.24, 2.45) is 0 Å². The smallest absolute Gasteiger partial charge is 0.302 e. The second kappa shape index (κ2) is 8.14. The lowest BCUT2D eigenvalue weighted by atomic mass is 10.0. The molecule has 1 saturated heterocycles. The molecule has 0 unspecified atom stereocenters. The number of aryl methyl sites for hydroxylation is 1. The predicted molar refractivity (Wildman–Crippen MR) is 101 cm³/mol. The van der Waals surface area contributed by atoms with E-state index < -0.39 is 12.1 Å². The number of esters is 1. The van der Waals surface area contributed by atoms with E-state index in [4.69, 9.17) is 9.47 Å². The Labute approximate surface area is 162 Å². The fourth-order valence-electron chi connectivity index (χ4n) is 3.02. The lowest BCUT2D eigenvalue weighted by Gasteiger charge is -2.49. The fourth-order valence-corrected chi connectivity index (χ4v) is 4.37. The number of ether oxygens (including phenoxy) is 2. The van der Waals surface area contributed by atoms with Crippen LogP contribution in [0.15, 0.2) is 35.5 Å². The molecule has 7 nitrogen and oxygen atoms in total. The summed E-state index contributed by atoms with van der Waals surface area (Å²) >= 11 is 1.50. The first-order chi connectivity index (χ1) is 12.9. The summed E-state index contributed by atoms with van der Waals surface area (Å²) in [7, 11) is 1.48. The van der Waals surface area contributed by atoms with Gasteiger partial charge >= 0.3 is 5.97 Å². The van der Waals surface area contributed by atoms with E-state index >= 15 is 0 Å². The number of thioether (sulfide) groups is 1. The van der Waals surface area contributed by atoms with Gasteiger partial charge in [-0.05, 0) is 12.5 Å². The molecule has 8 heteroatoms. The first-order valence-corrected chi connectivity index (χ1v) is 9.64. The van der Waals surface area contributed by atoms with Gasteiger partial charge < -0.3 is 14.8 Å². The number of fused-ring (bicyclic) bond motifs is 1. The highest BCUT2D eigenvalue weighted by molar-refractivity contribution is 8.00. The number of β-lactam (4-membered cyclic amide) rings is 1. The molecule has 2 amide bonds. The molecule has 0 radical (unpaired) electrons. The summed E-state index contributed by atoms with van der Waals surface area (Å²) in [6.07, 6.45) is -0.551. The van der Waals surface area contributed by atoms with E-state index in [1.165, 1.54) is 30.7 Å². The Hall–Kier alpha value is -2.32. The second-order valence-corrected chi connectivity index (χ2v) is 7.57. The number of carbonyl (C=O) groups excluding carboxylic acids is 3. The monoisotopic (exact) mass is 390 g/mol. The Morgan fingerprint density at radius 1 is 1.30 bits per heavy atom. The minimum atomic E-state index is -0.551. The third kappa shape index (κ3) is 4.01. The summed E-state index contributed by atoms with van der Waals surface area (Å²) in [5, 5.41) is 2.63. The highest BCUT2D eigenvalue weighted by atomic mass is 32.2. The molecule has 3 rings (SSSR count). The SMILES string of the molecule is CO[C@H]1C(=O)N2C(C(=O)NCc3ccc(C)cc3)=C(COC(C)=O)CS[C@H]12. The van der Waals surface area contributed by atoms with Crippen LogP contribution in [0, 0.1) is 6.92 Å². The molecule has 2 aliphatic rings. The number of nitrogens with zero attached hydrogens (tertiary/aromatic N) is 1. The summed E-state index contributed by atoms with van der Waals surface area (Å²) in [5.74, 6) is -0.547. The van der Waals surface area contributed by atoms with Gasteiger partial charge in [0, 0.05) is 31.9 Å². The average molecular weight is 390 g/mol. The molecular weight excluding hydrogens is 368 g/mol. The highest BCUT2D eigenvalue weighted by Crippen LogP contribution is 2.41. The molecule has 27 heavy (non-hydrogen) atoms. The fraction of sp³-hybridized carbons (Fsp3) is 0.421. The van der Waals surface area contributed by atoms with Gasteiger partial charge in [-0.15, -0.1) is 11.8 Å². The summed E-state index contributed by atoms with van der Waals surface area (Å²) in [4.78, 5) is 37.9. The molecule has 1 aromatic rings. The molecule has 2 aliphatic heterocycles. The standard InChI is InChI=1S/C19H22N2O5S/c1-11-4-6-13(7-5-11)8-20-17(23)15-14(9-26-12(2)22)10-27-19-16(25-3)18(24)21(15)19/h4-7,16,19H,8-10H2,1-3H3,(H,20,23)/t16-,19+/m0/s1. The normalized spacial score (nSPS) is 21.4. The zero-order valence-corrected chi connectivity index (χ0v) is 16.3. The number of carbonyl (C=O) groups is 3. The van der Waals surface area contributed by atoms with E-state index in [1.807, 2.05) is 31.2 Å². The molecule has 0 spiro atoms. The van der Waals surface area contributed by atoms with Crippen molar-refractivity contribution in [3.8, 4) is 0 Å². The van der Waals surface area contributed by atoms with Crippen LogP contribution in [0.5, 0.6) is 0 Å². The van der Waals surface area contributed by atoms with Crippen LogP contribution in [0.1, 0.15) is 18.1 Å². The third-order valence-electron chi connectivity index (χ3n) is 4.49. The highest BCUT2D eigenvalue weighted by Gasteiger charge is 2.53. The van der Waals surface area contributed by atoms with Crippen molar-refractivity contribution < 1.29 is 23.9 Å². The lowest BCUT2D eigenvalue weighted by molar-refractivity contribution is -0.160. The number of nitrogens with one attached hydrogen (secondary N) is 1. The minimum absolute atomic E-state index is 0.0102. The Balaban J connectivity index is 1.78. The maximum atomic E-state index is 12.9. The summed E-state index contributed by atoms with van der Waals surface area (Å²) in [6, 6.07) is 7.84. The van der Waals surface area contributed by atoms with E-state index in [0.717, 1.165) is 11.1 Å².